The maximum Gasteiger partial charge on any atom is 0.193 e. The van der Waals surface area contributed by atoms with Crippen molar-refractivity contribution in [3.8, 4) is 11.5 Å². The highest BCUT2D eigenvalue weighted by Crippen LogP contribution is 2.28. The van der Waals surface area contributed by atoms with Gasteiger partial charge in [0.2, 0.25) is 0 Å². The number of hydrogen-bond donors (Lipinski definition) is 1. The number of hydrogen-bond acceptors (Lipinski definition) is 6. The van der Waals surface area contributed by atoms with Crippen LogP contribution in [-0.2, 0) is 13.1 Å². The molecule has 0 amide bonds. The average molecular weight is 416 g/mol. The number of nitrogens with zero attached hydrogens (tertiary/aromatic N) is 6. The number of methoxy groups -OCH3 is 2. The maximum atomic E-state index is 5.42. The summed E-state index contributed by atoms with van der Waals surface area (Å²) >= 11 is 0. The normalized spacial score (nSPS) is 15.3. The smallest absolute Gasteiger partial charge is 0.193 e. The summed E-state index contributed by atoms with van der Waals surface area (Å²) in [4.78, 5) is 9.27. The van der Waals surface area contributed by atoms with Gasteiger partial charge >= 0.3 is 0 Å². The molecule has 30 heavy (non-hydrogen) atoms. The Morgan fingerprint density at radius 1 is 1.03 bits per heavy atom. The van der Waals surface area contributed by atoms with Crippen LogP contribution in [0.2, 0.25) is 0 Å². The molecule has 1 aromatic heterocycles. The fraction of sp³-hybridized carbons (Fsp3) is 0.571. The van der Waals surface area contributed by atoms with E-state index < -0.39 is 0 Å². The summed E-state index contributed by atoms with van der Waals surface area (Å²) < 4.78 is 12.8. The second kappa shape index (κ2) is 11.4. The van der Waals surface area contributed by atoms with Gasteiger partial charge in [-0.25, -0.2) is 0 Å². The van der Waals surface area contributed by atoms with Crippen LogP contribution in [0.5, 0.6) is 11.5 Å². The van der Waals surface area contributed by atoms with Gasteiger partial charge in [0.05, 0.1) is 14.2 Å². The number of ether oxygens (including phenoxy) is 2. The van der Waals surface area contributed by atoms with Crippen LogP contribution >= 0.6 is 0 Å². The number of benzene rings is 1. The van der Waals surface area contributed by atoms with Crippen LogP contribution in [0.1, 0.15) is 18.4 Å². The number of nitrogens with one attached hydrogen (secondary N) is 1. The lowest BCUT2D eigenvalue weighted by Gasteiger charge is -2.36. The minimum atomic E-state index is 0.766. The summed E-state index contributed by atoms with van der Waals surface area (Å²) in [5.74, 6) is 2.54. The molecule has 0 spiro atoms. The number of unbranched alkanes of at least 4 members (excludes halogenated alkanes) is 1. The summed E-state index contributed by atoms with van der Waals surface area (Å²) in [7, 11) is 5.19. The summed E-state index contributed by atoms with van der Waals surface area (Å²) in [5.41, 5.74) is 1.23. The van der Waals surface area contributed by atoms with E-state index in [1.54, 1.807) is 26.9 Å². The van der Waals surface area contributed by atoms with Gasteiger partial charge in [0.1, 0.15) is 12.7 Å². The van der Waals surface area contributed by atoms with Crippen molar-refractivity contribution in [1.29, 1.82) is 0 Å². The van der Waals surface area contributed by atoms with Crippen molar-refractivity contribution in [3.05, 3.63) is 36.4 Å². The fourth-order valence-electron chi connectivity index (χ4n) is 3.64. The Kier molecular flexibility index (Phi) is 8.31. The molecule has 0 saturated carbocycles. The molecule has 1 N–H and O–H groups in total. The zero-order chi connectivity index (χ0) is 21.2. The number of piperazine rings is 1. The molecule has 1 aromatic carbocycles. The molecule has 0 atom stereocenters. The number of guanidine groups is 1. The lowest BCUT2D eigenvalue weighted by molar-refractivity contribution is 0.172. The third-order valence-electron chi connectivity index (χ3n) is 5.33. The van der Waals surface area contributed by atoms with E-state index in [-0.39, 0.29) is 0 Å². The Labute approximate surface area is 178 Å². The van der Waals surface area contributed by atoms with Crippen LogP contribution in [0, 0.1) is 0 Å². The van der Waals surface area contributed by atoms with Crippen molar-refractivity contribution >= 4 is 5.96 Å². The van der Waals surface area contributed by atoms with Crippen LogP contribution in [0.3, 0.4) is 0 Å². The van der Waals surface area contributed by atoms with Crippen molar-refractivity contribution in [2.45, 2.75) is 25.9 Å². The maximum absolute atomic E-state index is 5.42. The minimum absolute atomic E-state index is 0.766. The predicted molar refractivity (Wildman–Crippen MR) is 117 cm³/mol. The first-order valence-electron chi connectivity index (χ1n) is 10.4. The molecule has 0 radical (unpaired) electrons. The standard InChI is InChI=1S/C21H33N7O2/c1-22-21(23-8-4-5-9-27-16-24-25-17-27)28-12-10-26(11-13-28)15-18-6-7-19(29-2)20(14-18)30-3/h6-7,14,16-17H,4-5,8-13,15H2,1-3H3,(H,22,23). The molecule has 1 saturated heterocycles. The highest BCUT2D eigenvalue weighted by atomic mass is 16.5. The molecule has 0 unspecified atom stereocenters. The second-order valence-corrected chi connectivity index (χ2v) is 7.33. The highest BCUT2D eigenvalue weighted by molar-refractivity contribution is 5.79. The molecule has 2 heterocycles. The first-order chi connectivity index (χ1) is 14.7. The first kappa shape index (κ1) is 21.9. The van der Waals surface area contributed by atoms with E-state index in [4.69, 9.17) is 9.47 Å². The second-order valence-electron chi connectivity index (χ2n) is 7.33. The topological polar surface area (TPSA) is 80.0 Å². The molecule has 164 valence electrons. The van der Waals surface area contributed by atoms with E-state index in [0.29, 0.717) is 0 Å². The van der Waals surface area contributed by atoms with Gasteiger partial charge in [-0.1, -0.05) is 6.07 Å². The molecule has 9 heteroatoms. The van der Waals surface area contributed by atoms with Crippen molar-refractivity contribution in [2.75, 3.05) is 54.0 Å². The zero-order valence-corrected chi connectivity index (χ0v) is 18.3. The van der Waals surface area contributed by atoms with Gasteiger partial charge < -0.3 is 24.3 Å². The molecule has 2 aromatic rings. The van der Waals surface area contributed by atoms with Crippen molar-refractivity contribution in [1.82, 2.24) is 29.9 Å². The Hall–Kier alpha value is -2.81. The molecule has 0 aliphatic carbocycles. The molecule has 1 fully saturated rings. The Balaban J connectivity index is 1.39. The van der Waals surface area contributed by atoms with Gasteiger partial charge in [0.25, 0.3) is 0 Å². The lowest BCUT2D eigenvalue weighted by atomic mass is 10.1. The SMILES string of the molecule is CN=C(NCCCCn1cnnc1)N1CCN(Cc2ccc(OC)c(OC)c2)CC1. The van der Waals surface area contributed by atoms with Crippen LogP contribution in [0.4, 0.5) is 0 Å². The Bertz CT molecular complexity index is 787. The van der Waals surface area contributed by atoms with E-state index in [0.717, 1.165) is 76.1 Å². The molecule has 1 aliphatic heterocycles. The molecular formula is C21H33N7O2. The predicted octanol–water partition coefficient (Wildman–Crippen LogP) is 1.47. The zero-order valence-electron chi connectivity index (χ0n) is 18.3. The number of rotatable bonds is 9. The quantitative estimate of drug-likeness (QED) is 0.377. The van der Waals surface area contributed by atoms with Crippen LogP contribution < -0.4 is 14.8 Å². The largest absolute Gasteiger partial charge is 0.493 e. The summed E-state index contributed by atoms with van der Waals surface area (Å²) in [5, 5.41) is 11.2. The molecular weight excluding hydrogens is 382 g/mol. The fourth-order valence-corrected chi connectivity index (χ4v) is 3.64. The Morgan fingerprint density at radius 2 is 1.77 bits per heavy atom. The highest BCUT2D eigenvalue weighted by Gasteiger charge is 2.20. The first-order valence-corrected chi connectivity index (χ1v) is 10.4. The molecule has 9 nitrogen and oxygen atoms in total. The molecule has 0 bridgehead atoms. The van der Waals surface area contributed by atoms with Crippen molar-refractivity contribution in [3.63, 3.8) is 0 Å². The van der Waals surface area contributed by atoms with Crippen LogP contribution in [-0.4, -0.2) is 84.5 Å². The Morgan fingerprint density at radius 3 is 2.43 bits per heavy atom. The third kappa shape index (κ3) is 6.09. The lowest BCUT2D eigenvalue weighted by Crippen LogP contribution is -2.52. The molecule has 1 aliphatic rings. The van der Waals surface area contributed by atoms with Gasteiger partial charge in [-0.15, -0.1) is 10.2 Å². The molecule has 3 rings (SSSR count). The minimum Gasteiger partial charge on any atom is -0.493 e. The number of aryl methyl sites for hydroxylation is 1. The van der Waals surface area contributed by atoms with Gasteiger partial charge in [-0.3, -0.25) is 9.89 Å². The van der Waals surface area contributed by atoms with E-state index in [1.807, 2.05) is 17.7 Å². The van der Waals surface area contributed by atoms with E-state index in [9.17, 15) is 0 Å². The third-order valence-corrected chi connectivity index (χ3v) is 5.33. The van der Waals surface area contributed by atoms with Crippen molar-refractivity contribution in [2.24, 2.45) is 4.99 Å². The monoisotopic (exact) mass is 415 g/mol. The van der Waals surface area contributed by atoms with E-state index >= 15 is 0 Å². The van der Waals surface area contributed by atoms with Gasteiger partial charge in [0, 0.05) is 52.9 Å². The van der Waals surface area contributed by atoms with Crippen molar-refractivity contribution < 1.29 is 9.47 Å². The number of aliphatic imine (C=N–C) groups is 1. The summed E-state index contributed by atoms with van der Waals surface area (Å²) in [6.45, 7) is 6.71. The number of aromatic nitrogens is 3. The van der Waals surface area contributed by atoms with Gasteiger partial charge in [-0.05, 0) is 30.5 Å². The summed E-state index contributed by atoms with van der Waals surface area (Å²) in [6.07, 6.45) is 5.68. The van der Waals surface area contributed by atoms with Crippen LogP contribution in [0.25, 0.3) is 0 Å². The summed E-state index contributed by atoms with van der Waals surface area (Å²) in [6, 6.07) is 6.14. The van der Waals surface area contributed by atoms with E-state index in [1.165, 1.54) is 5.56 Å². The van der Waals surface area contributed by atoms with Crippen LogP contribution in [0.15, 0.2) is 35.8 Å². The van der Waals surface area contributed by atoms with Gasteiger partial charge in [-0.2, -0.15) is 0 Å². The van der Waals surface area contributed by atoms with E-state index in [2.05, 4.69) is 42.4 Å². The van der Waals surface area contributed by atoms with Gasteiger partial charge in [0.15, 0.2) is 17.5 Å². The average Bonchev–Trinajstić information content (AvgIpc) is 3.30.